The van der Waals surface area contributed by atoms with E-state index in [0.717, 1.165) is 18.4 Å². The first-order valence-corrected chi connectivity index (χ1v) is 26.3. The molecule has 5 atom stereocenters. The van der Waals surface area contributed by atoms with Gasteiger partial charge in [0.15, 0.2) is 11.6 Å². The van der Waals surface area contributed by atoms with Crippen LogP contribution in [-0.2, 0) is 49.6 Å². The molecule has 71 heavy (non-hydrogen) atoms. The fraction of sp³-hybridized carbons (Fsp3) is 0.623. The highest BCUT2D eigenvalue weighted by Crippen LogP contribution is 2.31. The molecular formula is C53H80N4O13S. The third-order valence-electron chi connectivity index (χ3n) is 12.1. The molecule has 5 rings (SSSR count). The Morgan fingerprint density at radius 3 is 1.79 bits per heavy atom. The van der Waals surface area contributed by atoms with Crippen molar-refractivity contribution in [2.45, 2.75) is 158 Å². The molecule has 17 nitrogen and oxygen atoms in total. The molecule has 0 aliphatic carbocycles. The fourth-order valence-corrected chi connectivity index (χ4v) is 10.0. The summed E-state index contributed by atoms with van der Waals surface area (Å²) < 4.78 is 78.0. The highest BCUT2D eigenvalue weighted by Gasteiger charge is 2.40. The zero-order valence-electron chi connectivity index (χ0n) is 43.3. The molecule has 0 spiro atoms. The van der Waals surface area contributed by atoms with Gasteiger partial charge in [-0.05, 0) is 129 Å². The molecular weight excluding hydrogens is 933 g/mol. The second kappa shape index (κ2) is 26.5. The SMILES string of the molecule is COc1ccc(S(=O)(=O)N(CCCCC2(C)OCCO2)C[C@@H](O)[C@@H](NC(=O)OC(C)(C)C)C(O[C@H](CNCCCCC2(C)OCCO2)[C@H](Cc2ccccc2)NC(=O)OC(C)(C)C)c2ccccc2)cc1. The molecule has 18 heteroatoms. The number of rotatable bonds is 27. The lowest BCUT2D eigenvalue weighted by molar-refractivity contribution is -0.147. The maximum atomic E-state index is 14.7. The van der Waals surface area contributed by atoms with Gasteiger partial charge in [-0.3, -0.25) is 0 Å². The van der Waals surface area contributed by atoms with Crippen LogP contribution < -0.4 is 20.7 Å². The topological polar surface area (TPSA) is 202 Å². The van der Waals surface area contributed by atoms with Crippen LogP contribution in [0.2, 0.25) is 0 Å². The number of carbonyl (C=O) groups excluding carboxylic acids is 2. The monoisotopic (exact) mass is 1010 g/mol. The van der Waals surface area contributed by atoms with Crippen LogP contribution in [0, 0.1) is 0 Å². The van der Waals surface area contributed by atoms with Gasteiger partial charge in [0.25, 0.3) is 0 Å². The minimum absolute atomic E-state index is 0.00654. The predicted molar refractivity (Wildman–Crippen MR) is 269 cm³/mol. The number of ether oxygens (including phenoxy) is 8. The van der Waals surface area contributed by atoms with Gasteiger partial charge in [-0.25, -0.2) is 18.0 Å². The molecule has 4 N–H and O–H groups in total. The van der Waals surface area contributed by atoms with E-state index in [-0.39, 0.29) is 18.0 Å². The highest BCUT2D eigenvalue weighted by molar-refractivity contribution is 7.89. The van der Waals surface area contributed by atoms with Gasteiger partial charge in [0.1, 0.15) is 23.1 Å². The zero-order valence-corrected chi connectivity index (χ0v) is 44.1. The lowest BCUT2D eigenvalue weighted by atomic mass is 9.95. The largest absolute Gasteiger partial charge is 0.497 e. The van der Waals surface area contributed by atoms with Gasteiger partial charge < -0.3 is 59.0 Å². The maximum Gasteiger partial charge on any atom is 0.408 e. The van der Waals surface area contributed by atoms with E-state index in [2.05, 4.69) is 16.0 Å². The first-order valence-electron chi connectivity index (χ1n) is 24.9. The molecule has 2 aliphatic rings. The summed E-state index contributed by atoms with van der Waals surface area (Å²) >= 11 is 0. The number of benzene rings is 3. The van der Waals surface area contributed by atoms with Gasteiger partial charge in [-0.15, -0.1) is 0 Å². The van der Waals surface area contributed by atoms with Crippen molar-refractivity contribution in [2.24, 2.45) is 0 Å². The minimum Gasteiger partial charge on any atom is -0.497 e. The molecule has 1 unspecified atom stereocenters. The zero-order chi connectivity index (χ0) is 51.7. The second-order valence-corrected chi connectivity index (χ2v) is 22.4. The van der Waals surface area contributed by atoms with Gasteiger partial charge in [0.05, 0.1) is 62.7 Å². The molecule has 3 aromatic carbocycles. The number of hydrogen-bond acceptors (Lipinski definition) is 14. The summed E-state index contributed by atoms with van der Waals surface area (Å²) in [4.78, 5) is 27.7. The molecule has 2 aliphatic heterocycles. The number of amides is 2. The van der Waals surface area contributed by atoms with Crippen molar-refractivity contribution < 1.29 is 61.0 Å². The summed E-state index contributed by atoms with van der Waals surface area (Å²) in [6.07, 6.45) is -0.999. The van der Waals surface area contributed by atoms with E-state index in [1.54, 1.807) is 53.7 Å². The number of nitrogens with zero attached hydrogens (tertiary/aromatic N) is 1. The fourth-order valence-electron chi connectivity index (χ4n) is 8.51. The molecule has 2 amide bonds. The van der Waals surface area contributed by atoms with E-state index >= 15 is 0 Å². The second-order valence-electron chi connectivity index (χ2n) is 20.5. The van der Waals surface area contributed by atoms with Gasteiger partial charge in [-0.2, -0.15) is 4.31 Å². The smallest absolute Gasteiger partial charge is 0.408 e. The number of hydrogen-bond donors (Lipinski definition) is 4. The number of carbonyl (C=O) groups is 2. The van der Waals surface area contributed by atoms with Crippen molar-refractivity contribution in [1.82, 2.24) is 20.3 Å². The number of alkyl carbamates (subject to hydrolysis) is 2. The van der Waals surface area contributed by atoms with Crippen LogP contribution in [0.25, 0.3) is 0 Å². The third-order valence-corrected chi connectivity index (χ3v) is 14.0. The standard InChI is InChI=1S/C53H80N4O13S/c1-50(2,3)69-48(59)55-43(36-39-20-12-10-13-21-39)45(37-54-30-18-16-28-52(7)64-32-33-65-52)68-47(40-22-14-11-15-23-40)46(56-49(60)70-51(4,5)6)44(58)38-57(31-19-17-29-53(8)66-34-35-67-53)71(61,62)42-26-24-41(63-9)25-27-42/h10-15,20-27,43-47,54,58H,16-19,28-38H2,1-9H3,(H,55,59)(H,56,60)/t43-,44+,45+,46+,47?/m0/s1. The van der Waals surface area contributed by atoms with E-state index in [1.807, 2.05) is 74.5 Å². The van der Waals surface area contributed by atoms with Crippen LogP contribution in [0.15, 0.2) is 89.8 Å². The summed E-state index contributed by atoms with van der Waals surface area (Å²) in [6.45, 7) is 16.8. The van der Waals surface area contributed by atoms with E-state index in [4.69, 9.17) is 37.9 Å². The van der Waals surface area contributed by atoms with E-state index in [1.165, 1.54) is 23.5 Å². The summed E-state index contributed by atoms with van der Waals surface area (Å²) in [5.41, 5.74) is -0.279. The van der Waals surface area contributed by atoms with Gasteiger partial charge >= 0.3 is 12.2 Å². The van der Waals surface area contributed by atoms with Crippen LogP contribution in [0.4, 0.5) is 9.59 Å². The average molecular weight is 1010 g/mol. The van der Waals surface area contributed by atoms with Crippen LogP contribution in [0.3, 0.4) is 0 Å². The van der Waals surface area contributed by atoms with Crippen molar-refractivity contribution >= 4 is 22.2 Å². The van der Waals surface area contributed by atoms with Crippen LogP contribution >= 0.6 is 0 Å². The van der Waals surface area contributed by atoms with E-state index < -0.39 is 81.9 Å². The molecule has 2 saturated heterocycles. The molecule has 396 valence electrons. The normalized spacial score (nSPS) is 18.0. The third kappa shape index (κ3) is 19.2. The van der Waals surface area contributed by atoms with Gasteiger partial charge in [0, 0.05) is 32.5 Å². The number of nitrogens with one attached hydrogen (secondary N) is 3. The van der Waals surface area contributed by atoms with E-state index in [9.17, 15) is 23.1 Å². The summed E-state index contributed by atoms with van der Waals surface area (Å²) in [6, 6.07) is 22.7. The van der Waals surface area contributed by atoms with Crippen molar-refractivity contribution in [1.29, 1.82) is 0 Å². The van der Waals surface area contributed by atoms with Crippen LogP contribution in [0.1, 0.15) is 111 Å². The Morgan fingerprint density at radius 1 is 0.732 bits per heavy atom. The molecule has 0 saturated carbocycles. The predicted octanol–water partition coefficient (Wildman–Crippen LogP) is 7.66. The van der Waals surface area contributed by atoms with Crippen molar-refractivity contribution in [3.63, 3.8) is 0 Å². The summed E-state index contributed by atoms with van der Waals surface area (Å²) in [5, 5.41) is 22.3. The number of unbranched alkanes of at least 4 members (excludes halogenated alkanes) is 2. The first-order chi connectivity index (χ1) is 33.6. The molecule has 2 heterocycles. The Kier molecular flexibility index (Phi) is 21.5. The highest BCUT2D eigenvalue weighted by atomic mass is 32.2. The van der Waals surface area contributed by atoms with Crippen molar-refractivity contribution in [2.75, 3.05) is 59.7 Å². The maximum absolute atomic E-state index is 14.7. The van der Waals surface area contributed by atoms with Gasteiger partial charge in [0.2, 0.25) is 10.0 Å². The van der Waals surface area contributed by atoms with Crippen molar-refractivity contribution in [3.05, 3.63) is 96.1 Å². The molecule has 0 radical (unpaired) electrons. The van der Waals surface area contributed by atoms with Gasteiger partial charge in [-0.1, -0.05) is 60.7 Å². The van der Waals surface area contributed by atoms with E-state index in [0.29, 0.717) is 76.4 Å². The minimum atomic E-state index is -4.26. The Morgan fingerprint density at radius 2 is 1.25 bits per heavy atom. The number of aliphatic hydroxyl groups excluding tert-OH is 1. The summed E-state index contributed by atoms with van der Waals surface area (Å²) in [5.74, 6) is -0.921. The molecule has 3 aromatic rings. The Hall–Kier alpha value is -4.37. The lowest BCUT2D eigenvalue weighted by Crippen LogP contribution is -2.56. The molecule has 2 fully saturated rings. The van der Waals surface area contributed by atoms with Crippen LogP contribution in [-0.4, -0.2) is 137 Å². The molecule has 0 aromatic heterocycles. The summed E-state index contributed by atoms with van der Waals surface area (Å²) in [7, 11) is -2.77. The Balaban J connectivity index is 1.54. The van der Waals surface area contributed by atoms with Crippen LogP contribution in [0.5, 0.6) is 5.75 Å². The quantitative estimate of drug-likeness (QED) is 0.0543. The lowest BCUT2D eigenvalue weighted by Gasteiger charge is -2.38. The first kappa shape index (κ1) is 57.5. The molecule has 0 bridgehead atoms. The Bertz CT molecular complexity index is 2160. The average Bonchev–Trinajstić information content (AvgIpc) is 3.96. The number of aliphatic hydroxyl groups is 1. The Labute approximate surface area is 422 Å². The van der Waals surface area contributed by atoms with Crippen molar-refractivity contribution in [3.8, 4) is 5.75 Å². The number of methoxy groups -OCH3 is 1. The number of sulfonamides is 1.